The van der Waals surface area contributed by atoms with Gasteiger partial charge in [0.2, 0.25) is 0 Å². The van der Waals surface area contributed by atoms with Crippen LogP contribution in [-0.2, 0) is 19.0 Å². The zero-order valence-corrected chi connectivity index (χ0v) is 19.4. The maximum Gasteiger partial charge on any atom is 0.433 e. The van der Waals surface area contributed by atoms with E-state index in [1.807, 2.05) is 0 Å². The zero-order valence-electron chi connectivity index (χ0n) is 19.4. The number of carbonyl (C=O) groups is 1. The molecule has 0 bridgehead atoms. The quantitative estimate of drug-likeness (QED) is 0.320. The van der Waals surface area contributed by atoms with Crippen LogP contribution >= 0.6 is 0 Å². The molecule has 0 fully saturated rings. The minimum atomic E-state index is -5.10. The number of alkyl halides is 6. The second kappa shape index (κ2) is 10.3. The number of rotatable bonds is 6. The van der Waals surface area contributed by atoms with Gasteiger partial charge in [0.15, 0.2) is 5.69 Å². The van der Waals surface area contributed by atoms with E-state index in [0.717, 1.165) is 12.3 Å². The van der Waals surface area contributed by atoms with Gasteiger partial charge in [0.1, 0.15) is 29.8 Å². The maximum absolute atomic E-state index is 14.1. The van der Waals surface area contributed by atoms with Gasteiger partial charge in [-0.3, -0.25) is 4.98 Å². The molecule has 0 unspecified atom stereocenters. The third-order valence-electron chi connectivity index (χ3n) is 6.05. The molecule has 1 aliphatic carbocycles. The summed E-state index contributed by atoms with van der Waals surface area (Å²) in [5, 5.41) is 11.4. The summed E-state index contributed by atoms with van der Waals surface area (Å²) >= 11 is 0. The average Bonchev–Trinajstić information content (AvgIpc) is 3.31. The second-order valence-electron chi connectivity index (χ2n) is 8.56. The van der Waals surface area contributed by atoms with Gasteiger partial charge in [-0.15, -0.1) is 0 Å². The van der Waals surface area contributed by atoms with Crippen LogP contribution < -0.4 is 9.84 Å². The molecule has 1 aromatic heterocycles. The van der Waals surface area contributed by atoms with E-state index in [2.05, 4.69) is 4.98 Å². The number of hydrogen-bond donors (Lipinski definition) is 0. The van der Waals surface area contributed by atoms with Crippen molar-refractivity contribution in [2.75, 3.05) is 0 Å². The molecule has 0 saturated heterocycles. The van der Waals surface area contributed by atoms with Crippen LogP contribution in [0.2, 0.25) is 0 Å². The Kier molecular flexibility index (Phi) is 7.37. The molecule has 1 heterocycles. The first kappa shape index (κ1) is 28.0. The number of carbonyl (C=O) groups excluding carboxylic acids is 1. The summed E-state index contributed by atoms with van der Waals surface area (Å²) in [6.07, 6.45) is -8.55. The molecule has 13 heteroatoms. The Labute approximate surface area is 214 Å². The van der Waals surface area contributed by atoms with Crippen LogP contribution in [0.1, 0.15) is 57.6 Å². The topological polar surface area (TPSA) is 62.2 Å². The van der Waals surface area contributed by atoms with E-state index in [1.165, 1.54) is 0 Å². The highest BCUT2D eigenvalue weighted by atomic mass is 19.4. The van der Waals surface area contributed by atoms with E-state index < -0.39 is 64.8 Å². The molecule has 0 amide bonds. The van der Waals surface area contributed by atoms with Crippen LogP contribution in [0.4, 0.5) is 39.5 Å². The first-order valence-corrected chi connectivity index (χ1v) is 11.2. The molecule has 39 heavy (non-hydrogen) atoms. The van der Waals surface area contributed by atoms with Crippen molar-refractivity contribution in [2.45, 2.75) is 38.2 Å². The van der Waals surface area contributed by atoms with E-state index in [9.17, 15) is 49.4 Å². The summed E-state index contributed by atoms with van der Waals surface area (Å²) in [5.41, 5.74) is -4.61. The Morgan fingerprint density at radius 1 is 0.897 bits per heavy atom. The minimum absolute atomic E-state index is 0.0892. The predicted octanol–water partition coefficient (Wildman–Crippen LogP) is 6.57. The van der Waals surface area contributed by atoms with Crippen molar-refractivity contribution in [1.29, 1.82) is 0 Å². The lowest BCUT2D eigenvalue weighted by molar-refractivity contribution is -0.255. The fraction of sp³-hybridized carbons (Fsp3) is 0.231. The monoisotopic (exact) mass is 560 g/mol. The number of hydrogen-bond acceptors (Lipinski definition) is 4. The lowest BCUT2D eigenvalue weighted by Crippen LogP contribution is -2.27. The Balaban J connectivity index is 1.83. The maximum atomic E-state index is 14.1. The molecule has 0 aliphatic heterocycles. The second-order valence-corrected chi connectivity index (χ2v) is 8.56. The summed E-state index contributed by atoms with van der Waals surface area (Å²) in [6.45, 7) is -0.824. The summed E-state index contributed by atoms with van der Waals surface area (Å²) in [6, 6.07) is 3.78. The van der Waals surface area contributed by atoms with Gasteiger partial charge in [-0.1, -0.05) is 0 Å². The zero-order chi connectivity index (χ0) is 28.7. The standard InChI is InChI=1S/C26H16F9NO3/c27-14-8-20(28)19(21(29)9-14)11-39-22-5-4-13(25(30,31)32)7-17(22)16-3-1-2-15(16)12-6-18(24(37)38)23(36-10-12)26(33,34)35/h4-10H,1-3,11H2,(H,37,38)/p-1. The van der Waals surface area contributed by atoms with Crippen molar-refractivity contribution in [1.82, 2.24) is 4.98 Å². The summed E-state index contributed by atoms with van der Waals surface area (Å²) < 4.78 is 127. The van der Waals surface area contributed by atoms with Gasteiger partial charge in [0.05, 0.1) is 17.1 Å². The number of pyridine rings is 1. The van der Waals surface area contributed by atoms with E-state index >= 15 is 0 Å². The summed E-state index contributed by atoms with van der Waals surface area (Å²) in [5.74, 6) is -6.16. The SMILES string of the molecule is O=C([O-])c1cc(C2=C(c3cc(C(F)(F)F)ccc3OCc3c(F)cc(F)cc3F)CCC2)cnc1C(F)(F)F. The first-order valence-electron chi connectivity index (χ1n) is 11.2. The van der Waals surface area contributed by atoms with Crippen molar-refractivity contribution >= 4 is 17.1 Å². The third kappa shape index (κ3) is 5.86. The van der Waals surface area contributed by atoms with Gasteiger partial charge in [0.25, 0.3) is 0 Å². The normalized spacial score (nSPS) is 14.2. The van der Waals surface area contributed by atoms with E-state index in [1.54, 1.807) is 0 Å². The van der Waals surface area contributed by atoms with Crippen molar-refractivity contribution < 1.29 is 54.2 Å². The number of nitrogens with zero attached hydrogens (tertiary/aromatic N) is 1. The largest absolute Gasteiger partial charge is 0.545 e. The van der Waals surface area contributed by atoms with Gasteiger partial charge in [0, 0.05) is 29.5 Å². The molecule has 4 rings (SSSR count). The number of halogens is 9. The average molecular weight is 560 g/mol. The minimum Gasteiger partial charge on any atom is -0.545 e. The van der Waals surface area contributed by atoms with Crippen LogP contribution in [0.3, 0.4) is 0 Å². The highest BCUT2D eigenvalue weighted by Gasteiger charge is 2.36. The van der Waals surface area contributed by atoms with Crippen LogP contribution in [0, 0.1) is 17.5 Å². The summed E-state index contributed by atoms with van der Waals surface area (Å²) in [4.78, 5) is 14.6. The third-order valence-corrected chi connectivity index (χ3v) is 6.05. The van der Waals surface area contributed by atoms with E-state index in [-0.39, 0.29) is 40.9 Å². The number of aromatic nitrogens is 1. The first-order chi connectivity index (χ1) is 18.2. The number of ether oxygens (including phenoxy) is 1. The van der Waals surface area contributed by atoms with Gasteiger partial charge >= 0.3 is 12.4 Å². The number of carboxylic acid groups (broad SMARTS) is 1. The highest BCUT2D eigenvalue weighted by molar-refractivity contribution is 5.96. The molecule has 0 spiro atoms. The number of aromatic carboxylic acids is 1. The van der Waals surface area contributed by atoms with Gasteiger partial charge in [-0.05, 0) is 60.2 Å². The molecule has 206 valence electrons. The summed E-state index contributed by atoms with van der Waals surface area (Å²) in [7, 11) is 0. The smallest absolute Gasteiger partial charge is 0.433 e. The van der Waals surface area contributed by atoms with Crippen molar-refractivity contribution in [3.63, 3.8) is 0 Å². The Morgan fingerprint density at radius 3 is 2.13 bits per heavy atom. The molecule has 0 saturated carbocycles. The molecule has 3 aromatic rings. The Hall–Kier alpha value is -4.03. The van der Waals surface area contributed by atoms with Crippen molar-refractivity contribution in [2.24, 2.45) is 0 Å². The van der Waals surface area contributed by atoms with Crippen LogP contribution in [0.15, 0.2) is 42.6 Å². The number of carboxylic acids is 1. The Bertz CT molecular complexity index is 1450. The molecule has 4 nitrogen and oxygen atoms in total. The van der Waals surface area contributed by atoms with Crippen molar-refractivity contribution in [3.05, 3.63) is 93.6 Å². The van der Waals surface area contributed by atoms with Gasteiger partial charge in [-0.2, -0.15) is 26.3 Å². The molecule has 0 N–H and O–H groups in total. The van der Waals surface area contributed by atoms with E-state index in [0.29, 0.717) is 36.8 Å². The van der Waals surface area contributed by atoms with Crippen molar-refractivity contribution in [3.8, 4) is 5.75 Å². The molecule has 0 atom stereocenters. The Morgan fingerprint density at radius 2 is 1.54 bits per heavy atom. The van der Waals surface area contributed by atoms with Crippen LogP contribution in [0.5, 0.6) is 5.75 Å². The van der Waals surface area contributed by atoms with Gasteiger partial charge in [-0.25, -0.2) is 13.2 Å². The predicted molar refractivity (Wildman–Crippen MR) is 116 cm³/mol. The highest BCUT2D eigenvalue weighted by Crippen LogP contribution is 2.45. The van der Waals surface area contributed by atoms with Gasteiger partial charge < -0.3 is 14.6 Å². The molecule has 0 radical (unpaired) electrons. The molecule has 1 aliphatic rings. The number of allylic oxidation sites excluding steroid dienone is 2. The van der Waals surface area contributed by atoms with Crippen LogP contribution in [0.25, 0.3) is 11.1 Å². The number of benzene rings is 2. The fourth-order valence-electron chi connectivity index (χ4n) is 4.30. The van der Waals surface area contributed by atoms with E-state index in [4.69, 9.17) is 4.74 Å². The molecular formula is C26H15F9NO3-. The molecule has 2 aromatic carbocycles. The lowest BCUT2D eigenvalue weighted by Gasteiger charge is -2.18. The van der Waals surface area contributed by atoms with Crippen LogP contribution in [-0.4, -0.2) is 11.0 Å². The lowest BCUT2D eigenvalue weighted by atomic mass is 9.94. The fourth-order valence-corrected chi connectivity index (χ4v) is 4.30. The molecular weight excluding hydrogens is 545 g/mol.